The SMILES string of the molecule is COc1ccc2c(c1)OC[C@@](COC(C)=O)(C(C)C)C2=O. The molecule has 0 saturated carbocycles. The van der Waals surface area contributed by atoms with E-state index in [2.05, 4.69) is 0 Å². The quantitative estimate of drug-likeness (QED) is 0.798. The van der Waals surface area contributed by atoms with E-state index in [4.69, 9.17) is 14.2 Å². The minimum absolute atomic E-state index is 0.0143. The lowest BCUT2D eigenvalue weighted by Gasteiger charge is -2.38. The van der Waals surface area contributed by atoms with Gasteiger partial charge in [0.25, 0.3) is 0 Å². The summed E-state index contributed by atoms with van der Waals surface area (Å²) in [6.07, 6.45) is 0. The normalized spacial score (nSPS) is 20.7. The van der Waals surface area contributed by atoms with Gasteiger partial charge in [-0.1, -0.05) is 13.8 Å². The van der Waals surface area contributed by atoms with Crippen molar-refractivity contribution in [2.45, 2.75) is 20.8 Å². The molecule has 1 aromatic rings. The molecule has 2 rings (SSSR count). The summed E-state index contributed by atoms with van der Waals surface area (Å²) in [6, 6.07) is 5.12. The molecular weight excluding hydrogens is 272 g/mol. The molecule has 0 aromatic heterocycles. The zero-order valence-electron chi connectivity index (χ0n) is 12.8. The number of rotatable bonds is 4. The number of benzene rings is 1. The Morgan fingerprint density at radius 1 is 1.43 bits per heavy atom. The van der Waals surface area contributed by atoms with Crippen molar-refractivity contribution in [3.05, 3.63) is 23.8 Å². The smallest absolute Gasteiger partial charge is 0.302 e. The average molecular weight is 292 g/mol. The lowest BCUT2D eigenvalue weighted by atomic mass is 9.71. The van der Waals surface area contributed by atoms with Crippen LogP contribution in [0.15, 0.2) is 18.2 Å². The number of fused-ring (bicyclic) bond motifs is 1. The number of ether oxygens (including phenoxy) is 3. The van der Waals surface area contributed by atoms with Gasteiger partial charge < -0.3 is 14.2 Å². The van der Waals surface area contributed by atoms with E-state index in [1.165, 1.54) is 6.92 Å². The molecule has 5 nitrogen and oxygen atoms in total. The second-order valence-electron chi connectivity index (χ2n) is 5.57. The van der Waals surface area contributed by atoms with Crippen LogP contribution < -0.4 is 9.47 Å². The van der Waals surface area contributed by atoms with Gasteiger partial charge in [0.2, 0.25) is 0 Å². The highest BCUT2D eigenvalue weighted by Crippen LogP contribution is 2.41. The molecule has 0 aliphatic carbocycles. The first-order valence-corrected chi connectivity index (χ1v) is 6.89. The summed E-state index contributed by atoms with van der Waals surface area (Å²) >= 11 is 0. The molecule has 0 amide bonds. The van der Waals surface area contributed by atoms with Gasteiger partial charge in [-0.25, -0.2) is 0 Å². The van der Waals surface area contributed by atoms with Gasteiger partial charge in [0.15, 0.2) is 5.78 Å². The number of ketones is 1. The van der Waals surface area contributed by atoms with Crippen LogP contribution in [0.2, 0.25) is 0 Å². The average Bonchev–Trinajstić information content (AvgIpc) is 2.46. The van der Waals surface area contributed by atoms with E-state index in [9.17, 15) is 9.59 Å². The Labute approximate surface area is 124 Å². The highest BCUT2D eigenvalue weighted by molar-refractivity contribution is 6.04. The number of carbonyl (C=O) groups excluding carboxylic acids is 2. The first-order valence-electron chi connectivity index (χ1n) is 6.89. The van der Waals surface area contributed by atoms with Gasteiger partial charge in [0.1, 0.15) is 30.1 Å². The van der Waals surface area contributed by atoms with Gasteiger partial charge in [-0.3, -0.25) is 9.59 Å². The largest absolute Gasteiger partial charge is 0.497 e. The van der Waals surface area contributed by atoms with Crippen LogP contribution in [0.1, 0.15) is 31.1 Å². The van der Waals surface area contributed by atoms with Crippen LogP contribution in [-0.2, 0) is 9.53 Å². The minimum Gasteiger partial charge on any atom is -0.497 e. The summed E-state index contributed by atoms with van der Waals surface area (Å²) in [5, 5.41) is 0. The summed E-state index contributed by atoms with van der Waals surface area (Å²) in [6.45, 7) is 5.42. The highest BCUT2D eigenvalue weighted by Gasteiger charge is 2.47. The molecule has 0 radical (unpaired) electrons. The molecule has 1 aliphatic rings. The van der Waals surface area contributed by atoms with E-state index in [1.54, 1.807) is 25.3 Å². The molecule has 0 spiro atoms. The fourth-order valence-corrected chi connectivity index (χ4v) is 2.41. The Bertz CT molecular complexity index is 564. The van der Waals surface area contributed by atoms with E-state index in [1.807, 2.05) is 13.8 Å². The molecule has 1 aromatic carbocycles. The second-order valence-corrected chi connectivity index (χ2v) is 5.57. The van der Waals surface area contributed by atoms with Gasteiger partial charge in [0, 0.05) is 13.0 Å². The van der Waals surface area contributed by atoms with Gasteiger partial charge >= 0.3 is 5.97 Å². The van der Waals surface area contributed by atoms with Crippen LogP contribution in [-0.4, -0.2) is 32.1 Å². The fraction of sp³-hybridized carbons (Fsp3) is 0.500. The van der Waals surface area contributed by atoms with E-state index < -0.39 is 11.4 Å². The van der Waals surface area contributed by atoms with Crippen molar-refractivity contribution in [2.75, 3.05) is 20.3 Å². The molecule has 1 heterocycles. The predicted octanol–water partition coefficient (Wildman–Crippen LogP) is 2.48. The number of carbonyl (C=O) groups is 2. The molecule has 1 atom stereocenters. The van der Waals surface area contributed by atoms with E-state index >= 15 is 0 Å². The van der Waals surface area contributed by atoms with Crippen LogP contribution in [0.3, 0.4) is 0 Å². The molecule has 0 N–H and O–H groups in total. The summed E-state index contributed by atoms with van der Waals surface area (Å²) in [5.41, 5.74) is -0.337. The zero-order chi connectivity index (χ0) is 15.6. The zero-order valence-corrected chi connectivity index (χ0v) is 12.8. The van der Waals surface area contributed by atoms with Crippen molar-refractivity contribution in [1.82, 2.24) is 0 Å². The third-order valence-corrected chi connectivity index (χ3v) is 4.01. The maximum absolute atomic E-state index is 12.9. The number of hydrogen-bond acceptors (Lipinski definition) is 5. The Hall–Kier alpha value is -2.04. The molecule has 114 valence electrons. The Morgan fingerprint density at radius 2 is 2.14 bits per heavy atom. The molecule has 0 bridgehead atoms. The number of Topliss-reactive ketones (excluding diaryl/α,β-unsaturated/α-hetero) is 1. The van der Waals surface area contributed by atoms with Crippen LogP contribution >= 0.6 is 0 Å². The highest BCUT2D eigenvalue weighted by atomic mass is 16.5. The van der Waals surface area contributed by atoms with E-state index in [-0.39, 0.29) is 24.9 Å². The third-order valence-electron chi connectivity index (χ3n) is 4.01. The first-order chi connectivity index (χ1) is 9.90. The van der Waals surface area contributed by atoms with Crippen molar-refractivity contribution < 1.29 is 23.8 Å². The number of esters is 1. The van der Waals surface area contributed by atoms with Gasteiger partial charge in [0.05, 0.1) is 12.7 Å². The molecular formula is C16H20O5. The maximum atomic E-state index is 12.9. The molecule has 21 heavy (non-hydrogen) atoms. The minimum atomic E-state index is -0.840. The van der Waals surface area contributed by atoms with Gasteiger partial charge in [-0.2, -0.15) is 0 Å². The lowest BCUT2D eigenvalue weighted by molar-refractivity contribution is -0.145. The van der Waals surface area contributed by atoms with Crippen molar-refractivity contribution in [1.29, 1.82) is 0 Å². The summed E-state index contributed by atoms with van der Waals surface area (Å²) in [4.78, 5) is 24.0. The Balaban J connectivity index is 2.37. The van der Waals surface area contributed by atoms with Crippen LogP contribution in [0.5, 0.6) is 11.5 Å². The van der Waals surface area contributed by atoms with Crippen LogP contribution in [0, 0.1) is 11.3 Å². The first kappa shape index (κ1) is 15.4. The molecule has 0 saturated heterocycles. The summed E-state index contributed by atoms with van der Waals surface area (Å²) < 4.78 is 16.0. The molecule has 0 fully saturated rings. The topological polar surface area (TPSA) is 61.8 Å². The van der Waals surface area contributed by atoms with Crippen molar-refractivity contribution in [3.8, 4) is 11.5 Å². The van der Waals surface area contributed by atoms with Crippen molar-refractivity contribution in [2.24, 2.45) is 11.3 Å². The fourth-order valence-electron chi connectivity index (χ4n) is 2.41. The van der Waals surface area contributed by atoms with Crippen LogP contribution in [0.25, 0.3) is 0 Å². The monoisotopic (exact) mass is 292 g/mol. The molecule has 1 aliphatic heterocycles. The summed E-state index contributed by atoms with van der Waals surface area (Å²) in [7, 11) is 1.56. The van der Waals surface area contributed by atoms with E-state index in [0.29, 0.717) is 17.1 Å². The van der Waals surface area contributed by atoms with Crippen molar-refractivity contribution >= 4 is 11.8 Å². The number of methoxy groups -OCH3 is 1. The van der Waals surface area contributed by atoms with Crippen LogP contribution in [0.4, 0.5) is 0 Å². The Kier molecular flexibility index (Phi) is 4.21. The van der Waals surface area contributed by atoms with Gasteiger partial charge in [-0.15, -0.1) is 0 Å². The van der Waals surface area contributed by atoms with Gasteiger partial charge in [-0.05, 0) is 18.1 Å². The second kappa shape index (κ2) is 5.76. The lowest BCUT2D eigenvalue weighted by Crippen LogP contribution is -2.48. The molecule has 5 heteroatoms. The third kappa shape index (κ3) is 2.73. The maximum Gasteiger partial charge on any atom is 0.302 e. The molecule has 0 unspecified atom stereocenters. The standard InChI is InChI=1S/C16H20O5/c1-10(2)16(8-20-11(3)17)9-21-14-7-12(19-4)5-6-13(14)15(16)18/h5-7,10H,8-9H2,1-4H3/t16-/m0/s1. The Morgan fingerprint density at radius 3 is 2.71 bits per heavy atom. The predicted molar refractivity (Wildman–Crippen MR) is 76.7 cm³/mol. The van der Waals surface area contributed by atoms with Crippen molar-refractivity contribution in [3.63, 3.8) is 0 Å². The van der Waals surface area contributed by atoms with E-state index in [0.717, 1.165) is 0 Å². The summed E-state index contributed by atoms with van der Waals surface area (Å²) in [5.74, 6) is 0.683. The number of hydrogen-bond donors (Lipinski definition) is 0.